The van der Waals surface area contributed by atoms with Gasteiger partial charge in [-0.2, -0.15) is 0 Å². The lowest BCUT2D eigenvalue weighted by molar-refractivity contribution is 1.65. The zero-order valence-corrected chi connectivity index (χ0v) is 14.9. The summed E-state index contributed by atoms with van der Waals surface area (Å²) in [5, 5.41) is 5.02. The Hall–Kier alpha value is -1.64. The molecule has 0 unspecified atom stereocenters. The van der Waals surface area contributed by atoms with Crippen LogP contribution >= 0.6 is 31.9 Å². The molecule has 0 nitrogen and oxygen atoms in total. The van der Waals surface area contributed by atoms with E-state index in [4.69, 9.17) is 0 Å². The molecule has 0 amide bonds. The van der Waals surface area contributed by atoms with Crippen LogP contribution in [0.1, 0.15) is 0 Å². The normalized spacial score (nSPS) is 11.2. The second kappa shape index (κ2) is 5.53. The van der Waals surface area contributed by atoms with E-state index < -0.39 is 0 Å². The summed E-state index contributed by atoms with van der Waals surface area (Å²) in [4.78, 5) is 0. The highest BCUT2D eigenvalue weighted by atomic mass is 79.9. The molecule has 0 fully saturated rings. The molecule has 4 aromatic rings. The van der Waals surface area contributed by atoms with Crippen molar-refractivity contribution in [2.24, 2.45) is 0 Å². The Kier molecular flexibility index (Phi) is 3.51. The van der Waals surface area contributed by atoms with Crippen molar-refractivity contribution in [2.75, 3.05) is 0 Å². The molecule has 4 aromatic carbocycles. The van der Waals surface area contributed by atoms with Gasteiger partial charge < -0.3 is 0 Å². The Balaban J connectivity index is 2.01. The van der Waals surface area contributed by atoms with Crippen molar-refractivity contribution < 1.29 is 0 Å². The molecule has 4 rings (SSSR count). The molecule has 2 heteroatoms. The zero-order chi connectivity index (χ0) is 15.1. The average molecular weight is 412 g/mol. The fourth-order valence-corrected chi connectivity index (χ4v) is 3.76. The van der Waals surface area contributed by atoms with Crippen molar-refractivity contribution in [1.29, 1.82) is 0 Å². The molecule has 0 N–H and O–H groups in total. The second-order valence-electron chi connectivity index (χ2n) is 5.35. The predicted octanol–water partition coefficient (Wildman–Crippen LogP) is 7.19. The van der Waals surface area contributed by atoms with Gasteiger partial charge in [-0.1, -0.05) is 80.4 Å². The van der Waals surface area contributed by atoms with Crippen molar-refractivity contribution in [1.82, 2.24) is 0 Å². The third kappa shape index (κ3) is 2.37. The summed E-state index contributed by atoms with van der Waals surface area (Å²) in [5.41, 5.74) is 2.51. The molecule has 106 valence electrons. The fourth-order valence-electron chi connectivity index (χ4n) is 2.90. The van der Waals surface area contributed by atoms with E-state index in [2.05, 4.69) is 105 Å². The lowest BCUT2D eigenvalue weighted by Crippen LogP contribution is -1.83. The maximum atomic E-state index is 3.65. The van der Waals surface area contributed by atoms with Gasteiger partial charge in [-0.25, -0.2) is 0 Å². The van der Waals surface area contributed by atoms with Gasteiger partial charge in [0.05, 0.1) is 0 Å². The number of hydrogen-bond donors (Lipinski definition) is 0. The highest BCUT2D eigenvalue weighted by molar-refractivity contribution is 9.11. The number of hydrogen-bond acceptors (Lipinski definition) is 0. The quantitative estimate of drug-likeness (QED) is 0.311. The first kappa shape index (κ1) is 14.0. The summed E-state index contributed by atoms with van der Waals surface area (Å²) in [5.74, 6) is 0. The topological polar surface area (TPSA) is 0 Å². The van der Waals surface area contributed by atoms with Crippen LogP contribution in [-0.2, 0) is 0 Å². The van der Waals surface area contributed by atoms with Crippen LogP contribution in [0.2, 0.25) is 0 Å². The summed E-state index contributed by atoms with van der Waals surface area (Å²) in [6, 6.07) is 25.9. The summed E-state index contributed by atoms with van der Waals surface area (Å²) < 4.78 is 2.24. The molecular weight excluding hydrogens is 400 g/mol. The monoisotopic (exact) mass is 410 g/mol. The Bertz CT molecular complexity index is 1000. The molecule has 0 spiro atoms. The van der Waals surface area contributed by atoms with Crippen molar-refractivity contribution in [3.05, 3.63) is 81.7 Å². The van der Waals surface area contributed by atoms with E-state index in [-0.39, 0.29) is 0 Å². The van der Waals surface area contributed by atoms with Gasteiger partial charge in [0, 0.05) is 8.95 Å². The Morgan fingerprint density at radius 3 is 2.23 bits per heavy atom. The van der Waals surface area contributed by atoms with Crippen LogP contribution in [0, 0.1) is 0 Å². The van der Waals surface area contributed by atoms with Gasteiger partial charge in [-0.15, -0.1) is 0 Å². The zero-order valence-electron chi connectivity index (χ0n) is 11.7. The number of halogens is 2. The van der Waals surface area contributed by atoms with Gasteiger partial charge in [-0.05, 0) is 56.9 Å². The Morgan fingerprint density at radius 1 is 0.591 bits per heavy atom. The van der Waals surface area contributed by atoms with Crippen LogP contribution in [0.5, 0.6) is 0 Å². The average Bonchev–Trinajstić information content (AvgIpc) is 2.55. The van der Waals surface area contributed by atoms with Gasteiger partial charge in [0.1, 0.15) is 0 Å². The molecule has 0 atom stereocenters. The number of fused-ring (bicyclic) bond motifs is 2. The lowest BCUT2D eigenvalue weighted by atomic mass is 9.96. The Morgan fingerprint density at radius 2 is 1.36 bits per heavy atom. The first-order valence-electron chi connectivity index (χ1n) is 7.09. The van der Waals surface area contributed by atoms with Gasteiger partial charge in [0.25, 0.3) is 0 Å². The largest absolute Gasteiger partial charge is 0.0616 e. The van der Waals surface area contributed by atoms with Crippen LogP contribution in [0.3, 0.4) is 0 Å². The molecule has 0 aromatic heterocycles. The molecule has 0 saturated heterocycles. The summed E-state index contributed by atoms with van der Waals surface area (Å²) in [6.45, 7) is 0. The summed E-state index contributed by atoms with van der Waals surface area (Å²) in [7, 11) is 0. The van der Waals surface area contributed by atoms with E-state index in [0.717, 1.165) is 8.95 Å². The molecular formula is C20H12Br2. The minimum absolute atomic E-state index is 1.11. The van der Waals surface area contributed by atoms with E-state index in [1.807, 2.05) is 0 Å². The van der Waals surface area contributed by atoms with Crippen LogP contribution in [0.4, 0.5) is 0 Å². The van der Waals surface area contributed by atoms with Crippen molar-refractivity contribution in [3.8, 4) is 11.1 Å². The first-order valence-corrected chi connectivity index (χ1v) is 8.68. The molecule has 0 radical (unpaired) electrons. The highest BCUT2D eigenvalue weighted by Gasteiger charge is 2.07. The standard InChI is InChI=1S/C20H12Br2/c21-16-8-7-13-5-6-14(11-15(13)12-16)17-9-10-20(22)19-4-2-1-3-18(17)19/h1-12H. The molecule has 0 aliphatic rings. The van der Waals surface area contributed by atoms with E-state index in [1.165, 1.54) is 32.7 Å². The van der Waals surface area contributed by atoms with Crippen molar-refractivity contribution >= 4 is 53.4 Å². The minimum atomic E-state index is 1.11. The summed E-state index contributed by atoms with van der Waals surface area (Å²) in [6.07, 6.45) is 0. The van der Waals surface area contributed by atoms with Crippen LogP contribution in [-0.4, -0.2) is 0 Å². The number of rotatable bonds is 1. The van der Waals surface area contributed by atoms with Gasteiger partial charge in [-0.3, -0.25) is 0 Å². The third-order valence-corrected chi connectivity index (χ3v) is 5.17. The molecule has 0 saturated carbocycles. The second-order valence-corrected chi connectivity index (χ2v) is 7.12. The molecule has 22 heavy (non-hydrogen) atoms. The van der Waals surface area contributed by atoms with Crippen molar-refractivity contribution in [3.63, 3.8) is 0 Å². The number of benzene rings is 4. The van der Waals surface area contributed by atoms with E-state index >= 15 is 0 Å². The minimum Gasteiger partial charge on any atom is -0.0616 e. The van der Waals surface area contributed by atoms with Crippen LogP contribution in [0.25, 0.3) is 32.7 Å². The smallest absolute Gasteiger partial charge is 0.0254 e. The van der Waals surface area contributed by atoms with Crippen LogP contribution in [0.15, 0.2) is 81.7 Å². The fraction of sp³-hybridized carbons (Fsp3) is 0. The van der Waals surface area contributed by atoms with E-state index in [0.29, 0.717) is 0 Å². The van der Waals surface area contributed by atoms with Crippen LogP contribution < -0.4 is 0 Å². The Labute approximate surface area is 146 Å². The van der Waals surface area contributed by atoms with Gasteiger partial charge in [0.15, 0.2) is 0 Å². The third-order valence-electron chi connectivity index (χ3n) is 3.98. The maximum Gasteiger partial charge on any atom is 0.0254 e. The van der Waals surface area contributed by atoms with Gasteiger partial charge >= 0.3 is 0 Å². The summed E-state index contributed by atoms with van der Waals surface area (Å²) >= 11 is 7.20. The molecule has 0 bridgehead atoms. The predicted molar refractivity (Wildman–Crippen MR) is 102 cm³/mol. The van der Waals surface area contributed by atoms with Crippen molar-refractivity contribution in [2.45, 2.75) is 0 Å². The van der Waals surface area contributed by atoms with E-state index in [1.54, 1.807) is 0 Å². The maximum absolute atomic E-state index is 3.65. The molecule has 0 heterocycles. The van der Waals surface area contributed by atoms with E-state index in [9.17, 15) is 0 Å². The molecule has 0 aliphatic carbocycles. The molecule has 0 aliphatic heterocycles. The highest BCUT2D eigenvalue weighted by Crippen LogP contribution is 2.34. The first-order chi connectivity index (χ1) is 10.7. The lowest BCUT2D eigenvalue weighted by Gasteiger charge is -2.10. The SMILES string of the molecule is Brc1ccc2ccc(-c3ccc(Br)c4ccccc34)cc2c1. The van der Waals surface area contributed by atoms with Gasteiger partial charge in [0.2, 0.25) is 0 Å².